The third-order valence-corrected chi connectivity index (χ3v) is 2.79. The second kappa shape index (κ2) is 6.69. The Balaban J connectivity index is 0.00000256. The zero-order valence-electron chi connectivity index (χ0n) is 10.9. The number of nitrogens with two attached hydrogens (primary N) is 2. The van der Waals surface area contributed by atoms with Crippen molar-refractivity contribution in [3.05, 3.63) is 0 Å². The van der Waals surface area contributed by atoms with Crippen LogP contribution < -0.4 is 11.5 Å². The van der Waals surface area contributed by atoms with Crippen LogP contribution in [0, 0.1) is 0 Å². The van der Waals surface area contributed by atoms with Gasteiger partial charge in [-0.25, -0.2) is 4.99 Å². The van der Waals surface area contributed by atoms with Gasteiger partial charge in [0.25, 0.3) is 0 Å². The Hall–Kier alpha value is -0.970. The lowest BCUT2D eigenvalue weighted by Crippen LogP contribution is -2.54. The number of hydrogen-bond donors (Lipinski definition) is 2. The van der Waals surface area contributed by atoms with Crippen molar-refractivity contribution in [1.29, 1.82) is 0 Å². The van der Waals surface area contributed by atoms with E-state index in [9.17, 15) is 0 Å². The molecule has 6 heteroatoms. The molecular formula is C11H24ClN5. The average molecular weight is 262 g/mol. The number of rotatable bonds is 5. The topological polar surface area (TPSA) is 80.0 Å². The normalized spacial score (nSPS) is 18.2. The van der Waals surface area contributed by atoms with Crippen LogP contribution in [0.3, 0.4) is 0 Å². The van der Waals surface area contributed by atoms with Gasteiger partial charge in [-0.2, -0.15) is 4.99 Å². The summed E-state index contributed by atoms with van der Waals surface area (Å²) in [5, 5.41) is 0. The minimum absolute atomic E-state index is 0. The van der Waals surface area contributed by atoms with Crippen molar-refractivity contribution in [2.45, 2.75) is 52.1 Å². The second-order valence-corrected chi connectivity index (χ2v) is 4.65. The molecule has 5 nitrogen and oxygen atoms in total. The van der Waals surface area contributed by atoms with Gasteiger partial charge in [-0.1, -0.05) is 26.2 Å². The van der Waals surface area contributed by atoms with Crippen LogP contribution in [0.2, 0.25) is 0 Å². The van der Waals surface area contributed by atoms with Gasteiger partial charge in [-0.05, 0) is 20.3 Å². The molecule has 1 heterocycles. The highest BCUT2D eigenvalue weighted by Gasteiger charge is 2.30. The van der Waals surface area contributed by atoms with E-state index in [1.165, 1.54) is 19.3 Å². The summed E-state index contributed by atoms with van der Waals surface area (Å²) in [6.45, 7) is 7.09. The van der Waals surface area contributed by atoms with Crippen molar-refractivity contribution in [3.8, 4) is 0 Å². The second-order valence-electron chi connectivity index (χ2n) is 4.65. The molecule has 100 valence electrons. The van der Waals surface area contributed by atoms with E-state index < -0.39 is 0 Å². The van der Waals surface area contributed by atoms with Crippen LogP contribution in [-0.2, 0) is 0 Å². The maximum atomic E-state index is 5.87. The highest BCUT2D eigenvalue weighted by atomic mass is 35.5. The van der Waals surface area contributed by atoms with Crippen LogP contribution in [0.5, 0.6) is 0 Å². The highest BCUT2D eigenvalue weighted by molar-refractivity contribution is 5.95. The lowest BCUT2D eigenvalue weighted by molar-refractivity contribution is 0.214. The lowest BCUT2D eigenvalue weighted by atomic mass is 10.1. The molecule has 0 radical (unpaired) electrons. The SMILES string of the molecule is CCCCCCN1C(N)=NC(N)=NC1(C)C.Cl. The molecule has 0 saturated heterocycles. The molecule has 0 aliphatic carbocycles. The van der Waals surface area contributed by atoms with E-state index in [0.29, 0.717) is 5.96 Å². The van der Waals surface area contributed by atoms with Gasteiger partial charge < -0.3 is 16.4 Å². The van der Waals surface area contributed by atoms with E-state index >= 15 is 0 Å². The third-order valence-electron chi connectivity index (χ3n) is 2.79. The van der Waals surface area contributed by atoms with Gasteiger partial charge in [0, 0.05) is 6.54 Å². The first-order valence-corrected chi connectivity index (χ1v) is 5.94. The predicted octanol–water partition coefficient (Wildman–Crippen LogP) is 1.67. The zero-order valence-corrected chi connectivity index (χ0v) is 11.8. The minimum Gasteiger partial charge on any atom is -0.369 e. The molecule has 0 fully saturated rings. The number of unbranched alkanes of at least 4 members (excludes halogenated alkanes) is 3. The Morgan fingerprint density at radius 3 is 2.35 bits per heavy atom. The van der Waals surface area contributed by atoms with Gasteiger partial charge in [0.1, 0.15) is 5.66 Å². The summed E-state index contributed by atoms with van der Waals surface area (Å²) in [6.07, 6.45) is 4.83. The molecule has 0 aromatic rings. The Morgan fingerprint density at radius 1 is 1.18 bits per heavy atom. The molecule has 0 amide bonds. The molecule has 0 saturated carbocycles. The fourth-order valence-corrected chi connectivity index (χ4v) is 1.91. The van der Waals surface area contributed by atoms with Gasteiger partial charge in [0.2, 0.25) is 11.9 Å². The summed E-state index contributed by atoms with van der Waals surface area (Å²) in [5.41, 5.74) is 11.1. The summed E-state index contributed by atoms with van der Waals surface area (Å²) in [4.78, 5) is 10.3. The monoisotopic (exact) mass is 261 g/mol. The maximum absolute atomic E-state index is 5.87. The summed E-state index contributed by atoms with van der Waals surface area (Å²) in [5.74, 6) is 0.751. The van der Waals surface area contributed by atoms with Crippen molar-refractivity contribution in [1.82, 2.24) is 4.90 Å². The molecule has 0 bridgehead atoms. The molecule has 1 aliphatic heterocycles. The van der Waals surface area contributed by atoms with Gasteiger partial charge in [0.05, 0.1) is 0 Å². The minimum atomic E-state index is -0.373. The molecule has 17 heavy (non-hydrogen) atoms. The van der Waals surface area contributed by atoms with Crippen molar-refractivity contribution < 1.29 is 0 Å². The van der Waals surface area contributed by atoms with E-state index in [1.807, 2.05) is 18.7 Å². The summed E-state index contributed by atoms with van der Waals surface area (Å²) in [6, 6.07) is 0. The molecule has 0 aromatic heterocycles. The predicted molar refractivity (Wildman–Crippen MR) is 75.4 cm³/mol. The van der Waals surface area contributed by atoms with Crippen LogP contribution in [0.25, 0.3) is 0 Å². The smallest absolute Gasteiger partial charge is 0.220 e. The number of nitrogens with zero attached hydrogens (tertiary/aromatic N) is 3. The van der Waals surface area contributed by atoms with Crippen molar-refractivity contribution >= 4 is 24.3 Å². The highest BCUT2D eigenvalue weighted by Crippen LogP contribution is 2.20. The first-order valence-electron chi connectivity index (χ1n) is 5.94. The Bertz CT molecular complexity index is 298. The molecular weight excluding hydrogens is 238 g/mol. The standard InChI is InChI=1S/C11H23N5.ClH/c1-4-5-6-7-8-16-10(13)14-9(12)15-11(16,2)3;/h4-8H2,1-3H3,(H4,12,13,14,15);1H. The van der Waals surface area contributed by atoms with E-state index in [-0.39, 0.29) is 24.0 Å². The van der Waals surface area contributed by atoms with Crippen molar-refractivity contribution in [2.75, 3.05) is 6.54 Å². The first kappa shape index (κ1) is 16.0. The number of hydrogen-bond acceptors (Lipinski definition) is 5. The van der Waals surface area contributed by atoms with E-state index in [4.69, 9.17) is 11.5 Å². The third kappa shape index (κ3) is 4.42. The molecule has 0 aromatic carbocycles. The summed E-state index contributed by atoms with van der Waals surface area (Å²) >= 11 is 0. The quantitative estimate of drug-likeness (QED) is 0.739. The Kier molecular flexibility index (Phi) is 6.31. The Labute approximate surface area is 110 Å². The number of aliphatic imine (C=N–C) groups is 2. The van der Waals surface area contributed by atoms with Crippen LogP contribution in [0.1, 0.15) is 46.5 Å². The lowest BCUT2D eigenvalue weighted by Gasteiger charge is -2.38. The van der Waals surface area contributed by atoms with E-state index in [2.05, 4.69) is 16.9 Å². The van der Waals surface area contributed by atoms with E-state index in [0.717, 1.165) is 13.0 Å². The fraction of sp³-hybridized carbons (Fsp3) is 0.818. The van der Waals surface area contributed by atoms with Gasteiger partial charge in [-0.3, -0.25) is 0 Å². The Morgan fingerprint density at radius 2 is 1.82 bits per heavy atom. The van der Waals surface area contributed by atoms with Crippen LogP contribution >= 0.6 is 12.4 Å². The van der Waals surface area contributed by atoms with Crippen LogP contribution in [0.4, 0.5) is 0 Å². The molecule has 0 spiro atoms. The van der Waals surface area contributed by atoms with E-state index in [1.54, 1.807) is 0 Å². The largest absolute Gasteiger partial charge is 0.369 e. The zero-order chi connectivity index (χ0) is 12.2. The average Bonchev–Trinajstić information content (AvgIpc) is 2.14. The van der Waals surface area contributed by atoms with Gasteiger partial charge >= 0.3 is 0 Å². The van der Waals surface area contributed by atoms with Crippen LogP contribution in [-0.4, -0.2) is 29.0 Å². The van der Waals surface area contributed by atoms with Crippen molar-refractivity contribution in [3.63, 3.8) is 0 Å². The maximum Gasteiger partial charge on any atom is 0.220 e. The molecule has 0 atom stereocenters. The molecule has 1 aliphatic rings. The fourth-order valence-electron chi connectivity index (χ4n) is 1.91. The summed E-state index contributed by atoms with van der Waals surface area (Å²) < 4.78 is 0. The molecule has 1 rings (SSSR count). The van der Waals surface area contributed by atoms with Gasteiger partial charge in [0.15, 0.2) is 0 Å². The number of halogens is 1. The first-order chi connectivity index (χ1) is 7.47. The summed E-state index contributed by atoms with van der Waals surface area (Å²) in [7, 11) is 0. The number of guanidine groups is 2. The van der Waals surface area contributed by atoms with Gasteiger partial charge in [-0.15, -0.1) is 12.4 Å². The molecule has 4 N–H and O–H groups in total. The van der Waals surface area contributed by atoms with Crippen LogP contribution in [0.15, 0.2) is 9.98 Å². The molecule has 0 unspecified atom stereocenters. The van der Waals surface area contributed by atoms with Crippen molar-refractivity contribution in [2.24, 2.45) is 21.5 Å².